The van der Waals surface area contributed by atoms with Crippen molar-refractivity contribution in [1.29, 1.82) is 0 Å². The van der Waals surface area contributed by atoms with Crippen molar-refractivity contribution in [2.75, 3.05) is 10.2 Å². The quantitative estimate of drug-likeness (QED) is 0.0957. The van der Waals surface area contributed by atoms with Crippen LogP contribution in [0.4, 0.5) is 28.6 Å². The van der Waals surface area contributed by atoms with Crippen LogP contribution in [0.1, 0.15) is 56.6 Å². The van der Waals surface area contributed by atoms with Crippen LogP contribution in [0.5, 0.6) is 0 Å². The third-order valence-electron chi connectivity index (χ3n) is 7.54. The van der Waals surface area contributed by atoms with Gasteiger partial charge in [0.25, 0.3) is 0 Å². The Morgan fingerprint density at radius 1 is 0.732 bits per heavy atom. The van der Waals surface area contributed by atoms with Crippen molar-refractivity contribution in [3.8, 4) is 0 Å². The molecule has 0 bridgehead atoms. The number of rotatable bonds is 2. The molecule has 0 saturated carbocycles. The number of fused-ring (bicyclic) bond motifs is 3. The molecule has 2 nitrogen and oxygen atoms in total. The predicted molar refractivity (Wildman–Crippen MR) is 166 cm³/mol. The van der Waals surface area contributed by atoms with Gasteiger partial charge in [0.1, 0.15) is 11.4 Å². The van der Waals surface area contributed by atoms with Crippen LogP contribution >= 0.6 is 23.2 Å². The molecule has 0 saturated heterocycles. The maximum atomic E-state index is 9.75. The van der Waals surface area contributed by atoms with Crippen LogP contribution in [0.2, 0.25) is 0 Å². The topological polar surface area (TPSA) is 6.25 Å². The monoisotopic (exact) mass is 602 g/mol. The Morgan fingerprint density at radius 2 is 1.17 bits per heavy atom. The Kier molecular flexibility index (Phi) is 9.10. The zero-order chi connectivity index (χ0) is 30.2. The molecule has 1 aliphatic heterocycles. The molecule has 1 heterocycles. The Balaban J connectivity index is 0.000000432. The van der Waals surface area contributed by atoms with Gasteiger partial charge in [0.15, 0.2) is 12.1 Å². The zero-order valence-corrected chi connectivity index (χ0v) is 25.5. The third-order valence-corrected chi connectivity index (χ3v) is 7.54. The van der Waals surface area contributed by atoms with Crippen LogP contribution in [0.15, 0.2) is 60.7 Å². The van der Waals surface area contributed by atoms with Gasteiger partial charge in [-0.2, -0.15) is 0 Å². The molecule has 0 fully saturated rings. The molecule has 2 atom stereocenters. The molecule has 0 N–H and O–H groups in total. The average Bonchev–Trinajstić information content (AvgIpc) is 3.36. The van der Waals surface area contributed by atoms with E-state index in [0.717, 1.165) is 0 Å². The molecule has 0 unspecified atom stereocenters. The molecule has 1 aliphatic carbocycles. The van der Waals surface area contributed by atoms with Crippen molar-refractivity contribution in [3.63, 3.8) is 0 Å². The average molecular weight is 603 g/mol. The van der Waals surface area contributed by atoms with Gasteiger partial charge in [0.2, 0.25) is 6.34 Å². The third kappa shape index (κ3) is 6.26. The summed E-state index contributed by atoms with van der Waals surface area (Å²) in [4.78, 5) is 2.56. The summed E-state index contributed by atoms with van der Waals surface area (Å²) in [5.74, 6) is 0. The summed E-state index contributed by atoms with van der Waals surface area (Å²) >= 11 is 9.53. The van der Waals surface area contributed by atoms with E-state index in [1.54, 1.807) is 0 Å². The number of benzene rings is 4. The molecule has 0 aromatic heterocycles. The fourth-order valence-electron chi connectivity index (χ4n) is 6.67. The van der Waals surface area contributed by atoms with Crippen LogP contribution in [0.25, 0.3) is 10.8 Å². The van der Waals surface area contributed by atoms with E-state index >= 15 is 0 Å². The summed E-state index contributed by atoms with van der Waals surface area (Å²) in [5, 5.41) is 2.97. The lowest BCUT2D eigenvalue weighted by Gasteiger charge is -2.22. The fraction of sp³-hybridized carbons (Fsp3) is 0.281. The number of halogens is 6. The van der Waals surface area contributed by atoms with Crippen molar-refractivity contribution in [1.82, 2.24) is 0 Å². The van der Waals surface area contributed by atoms with Crippen LogP contribution in [0.3, 0.4) is 0 Å². The minimum Gasteiger partial charge on any atom is -0.418 e. The van der Waals surface area contributed by atoms with Crippen molar-refractivity contribution < 1.29 is 21.8 Å². The number of anilines is 1. The highest BCUT2D eigenvalue weighted by atomic mass is 35.5. The molecule has 9 heteroatoms. The van der Waals surface area contributed by atoms with E-state index in [2.05, 4.69) is 118 Å². The van der Waals surface area contributed by atoms with Crippen LogP contribution in [-0.2, 0) is 0 Å². The van der Waals surface area contributed by atoms with Gasteiger partial charge in [0.05, 0.1) is 5.34 Å². The molecule has 41 heavy (non-hydrogen) atoms. The van der Waals surface area contributed by atoms with Gasteiger partial charge in [-0.15, -0.1) is 23.2 Å². The second-order valence-corrected chi connectivity index (χ2v) is 11.5. The van der Waals surface area contributed by atoms with E-state index < -0.39 is 7.25 Å². The lowest BCUT2D eigenvalue weighted by atomic mass is 9.98. The molecule has 0 amide bonds. The van der Waals surface area contributed by atoms with Crippen molar-refractivity contribution in [3.05, 3.63) is 105 Å². The molecule has 2 aliphatic rings. The minimum absolute atomic E-state index is 0.194. The van der Waals surface area contributed by atoms with Crippen LogP contribution in [-0.4, -0.2) is 23.5 Å². The predicted octanol–water partition coefficient (Wildman–Crippen LogP) is 10.4. The Labute approximate surface area is 249 Å². The normalized spacial score (nSPS) is 17.0. The summed E-state index contributed by atoms with van der Waals surface area (Å²) < 4.78 is 41.6. The highest BCUT2D eigenvalue weighted by Gasteiger charge is 2.52. The SMILES string of the molecule is Cc1cc(C)c(N2C=[N+](c3c(C)cc(C)cc3C)[C@@H]3c4cccc5cccc(c45)[C@@H]32)c(C)c1.ClCCl.F[B-](F)(F)F. The second kappa shape index (κ2) is 12.1. The second-order valence-electron chi connectivity index (χ2n) is 10.7. The number of hydrogen-bond donors (Lipinski definition) is 0. The van der Waals surface area contributed by atoms with E-state index in [4.69, 9.17) is 23.2 Å². The summed E-state index contributed by atoms with van der Waals surface area (Å²) in [5.41, 5.74) is 13.6. The maximum Gasteiger partial charge on any atom is 0.673 e. The van der Waals surface area contributed by atoms with Gasteiger partial charge in [-0.1, -0.05) is 71.8 Å². The first kappa shape index (κ1) is 30.9. The molecule has 0 radical (unpaired) electrons. The van der Waals surface area contributed by atoms with Gasteiger partial charge in [-0.3, -0.25) is 0 Å². The van der Waals surface area contributed by atoms with Crippen molar-refractivity contribution >= 4 is 58.9 Å². The largest absolute Gasteiger partial charge is 0.673 e. The molecule has 0 spiro atoms. The smallest absolute Gasteiger partial charge is 0.418 e. The molecular weight excluding hydrogens is 570 g/mol. The first-order valence-corrected chi connectivity index (χ1v) is 14.4. The Hall–Kier alpha value is -3.03. The van der Waals surface area contributed by atoms with Gasteiger partial charge >= 0.3 is 7.25 Å². The van der Waals surface area contributed by atoms with Crippen LogP contribution in [0, 0.1) is 41.5 Å². The number of nitrogens with zero attached hydrogens (tertiary/aromatic N) is 2. The molecular formula is C32H33BCl2F4N2. The minimum atomic E-state index is -6.00. The number of alkyl halides is 2. The van der Waals surface area contributed by atoms with Gasteiger partial charge in [-0.05, 0) is 74.6 Å². The van der Waals surface area contributed by atoms with Crippen LogP contribution < -0.4 is 4.90 Å². The fourth-order valence-corrected chi connectivity index (χ4v) is 6.67. The summed E-state index contributed by atoms with van der Waals surface area (Å²) in [6, 6.07) is 23.4. The first-order chi connectivity index (χ1) is 19.3. The van der Waals surface area contributed by atoms with E-state index in [9.17, 15) is 17.3 Å². The van der Waals surface area contributed by atoms with E-state index in [-0.39, 0.29) is 17.4 Å². The van der Waals surface area contributed by atoms with E-state index in [1.807, 2.05) is 0 Å². The molecule has 4 aromatic carbocycles. The summed E-state index contributed by atoms with van der Waals surface area (Å²) in [7, 11) is -6.00. The summed E-state index contributed by atoms with van der Waals surface area (Å²) in [6.45, 7) is 13.4. The standard InChI is InChI=1S/C31H31N2.CH2Cl2.BF4/c1-18-13-20(3)28(21(4)14-18)32-17-33(29-22(5)15-19(2)16-23(29)6)31-26-12-8-10-24-9-7-11-25(27(24)26)30(31)32;2-1-3;2-1(3,4)5/h7-17,30-31H,1-6H3;1H2;/q+1;;-1/t30-,31+;;. The lowest BCUT2D eigenvalue weighted by molar-refractivity contribution is -0.480. The van der Waals surface area contributed by atoms with Crippen molar-refractivity contribution in [2.45, 2.75) is 53.6 Å². The molecule has 6 rings (SSSR count). The van der Waals surface area contributed by atoms with Gasteiger partial charge in [0, 0.05) is 11.1 Å². The molecule has 4 aromatic rings. The van der Waals surface area contributed by atoms with Gasteiger partial charge in [-0.25, -0.2) is 9.48 Å². The number of aryl methyl sites for hydroxylation is 6. The van der Waals surface area contributed by atoms with E-state index in [1.165, 1.54) is 66.7 Å². The number of hydrogen-bond acceptors (Lipinski definition) is 1. The van der Waals surface area contributed by atoms with Crippen molar-refractivity contribution in [2.24, 2.45) is 0 Å². The van der Waals surface area contributed by atoms with E-state index in [0.29, 0.717) is 0 Å². The lowest BCUT2D eigenvalue weighted by Crippen LogP contribution is -2.25. The Bertz CT molecular complexity index is 1580. The Morgan fingerprint density at radius 3 is 1.66 bits per heavy atom. The highest BCUT2D eigenvalue weighted by Crippen LogP contribution is 2.54. The molecule has 216 valence electrons. The van der Waals surface area contributed by atoms with Gasteiger partial charge < -0.3 is 17.3 Å². The maximum absolute atomic E-state index is 9.75. The summed E-state index contributed by atoms with van der Waals surface area (Å²) in [6.07, 6.45) is 2.39. The highest BCUT2D eigenvalue weighted by molar-refractivity contribution is 6.50. The zero-order valence-electron chi connectivity index (χ0n) is 24.0. The first-order valence-electron chi connectivity index (χ1n) is 13.3.